The van der Waals surface area contributed by atoms with Gasteiger partial charge >= 0.3 is 0 Å². The molecule has 0 aliphatic carbocycles. The Morgan fingerprint density at radius 1 is 1.50 bits per heavy atom. The first-order chi connectivity index (χ1) is 7.67. The van der Waals surface area contributed by atoms with Gasteiger partial charge in [0.15, 0.2) is 0 Å². The smallest absolute Gasteiger partial charge is 0.0117 e. The fourth-order valence-electron chi connectivity index (χ4n) is 2.48. The van der Waals surface area contributed by atoms with Crippen LogP contribution in [0.15, 0.2) is 0 Å². The Morgan fingerprint density at radius 3 is 2.81 bits per heavy atom. The minimum absolute atomic E-state index is 0.749. The third-order valence-electron chi connectivity index (χ3n) is 3.71. The molecule has 0 aromatic carbocycles. The summed E-state index contributed by atoms with van der Waals surface area (Å²) in [5.74, 6) is 0.804. The van der Waals surface area contributed by atoms with Crippen molar-refractivity contribution >= 4 is 11.8 Å². The van der Waals surface area contributed by atoms with E-state index in [-0.39, 0.29) is 0 Å². The molecule has 0 amide bonds. The maximum absolute atomic E-state index is 3.60. The zero-order chi connectivity index (χ0) is 12.0. The summed E-state index contributed by atoms with van der Waals surface area (Å²) in [5, 5.41) is 4.41. The van der Waals surface area contributed by atoms with Gasteiger partial charge < -0.3 is 10.2 Å². The van der Waals surface area contributed by atoms with E-state index in [0.717, 1.165) is 23.8 Å². The number of thioether (sulfide) groups is 1. The molecule has 0 aromatic rings. The van der Waals surface area contributed by atoms with Gasteiger partial charge in [0.2, 0.25) is 0 Å². The third-order valence-corrected chi connectivity index (χ3v) is 4.75. The van der Waals surface area contributed by atoms with Crippen LogP contribution < -0.4 is 5.32 Å². The maximum Gasteiger partial charge on any atom is 0.0117 e. The number of piperidine rings is 1. The Kier molecular flexibility index (Phi) is 6.78. The highest BCUT2D eigenvalue weighted by Gasteiger charge is 2.24. The minimum atomic E-state index is 0.749. The largest absolute Gasteiger partial charge is 0.314 e. The second-order valence-corrected chi connectivity index (χ2v) is 6.34. The van der Waals surface area contributed by atoms with Crippen LogP contribution in [0.3, 0.4) is 0 Å². The Hall–Kier alpha value is 0.270. The molecule has 0 aromatic heterocycles. The summed E-state index contributed by atoms with van der Waals surface area (Å²) < 4.78 is 0. The normalized spacial score (nSPS) is 29.2. The monoisotopic (exact) mass is 244 g/mol. The molecule has 3 atom stereocenters. The molecule has 1 rings (SSSR count). The Bertz CT molecular complexity index is 187. The van der Waals surface area contributed by atoms with Crippen molar-refractivity contribution in [3.05, 3.63) is 0 Å². The van der Waals surface area contributed by atoms with Crippen molar-refractivity contribution in [1.82, 2.24) is 10.2 Å². The van der Waals surface area contributed by atoms with Gasteiger partial charge in [0.05, 0.1) is 0 Å². The summed E-state index contributed by atoms with van der Waals surface area (Å²) in [6.45, 7) is 11.9. The van der Waals surface area contributed by atoms with E-state index in [4.69, 9.17) is 0 Å². The van der Waals surface area contributed by atoms with Gasteiger partial charge in [-0.25, -0.2) is 0 Å². The second-order valence-electron chi connectivity index (χ2n) is 5.07. The van der Waals surface area contributed by atoms with Crippen LogP contribution in [0.4, 0.5) is 0 Å². The Morgan fingerprint density at radius 2 is 2.25 bits per heavy atom. The van der Waals surface area contributed by atoms with E-state index in [1.54, 1.807) is 0 Å². The fraction of sp³-hybridized carbons (Fsp3) is 1.00. The van der Waals surface area contributed by atoms with Crippen molar-refractivity contribution in [2.75, 3.05) is 32.4 Å². The number of nitrogens with zero attached hydrogens (tertiary/aromatic N) is 1. The number of rotatable bonds is 6. The summed E-state index contributed by atoms with van der Waals surface area (Å²) >= 11 is 1.98. The lowest BCUT2D eigenvalue weighted by Gasteiger charge is -2.37. The molecular formula is C13H28N2S. The fourth-order valence-corrected chi connectivity index (χ4v) is 2.82. The first kappa shape index (κ1) is 14.3. The topological polar surface area (TPSA) is 15.3 Å². The summed E-state index contributed by atoms with van der Waals surface area (Å²) in [6.07, 6.45) is 4.87. The van der Waals surface area contributed by atoms with Crippen molar-refractivity contribution in [3.8, 4) is 0 Å². The number of likely N-dealkylation sites (tertiary alicyclic amines) is 1. The van der Waals surface area contributed by atoms with Crippen molar-refractivity contribution in [2.24, 2.45) is 5.92 Å². The molecule has 0 bridgehead atoms. The van der Waals surface area contributed by atoms with Crippen molar-refractivity contribution in [1.29, 1.82) is 0 Å². The van der Waals surface area contributed by atoms with Gasteiger partial charge in [0.25, 0.3) is 0 Å². The molecule has 1 aliphatic heterocycles. The summed E-state index contributed by atoms with van der Waals surface area (Å²) in [5.41, 5.74) is 0. The number of hydrogen-bond donors (Lipinski definition) is 1. The molecule has 2 nitrogen and oxygen atoms in total. The van der Waals surface area contributed by atoms with Crippen LogP contribution >= 0.6 is 11.8 Å². The van der Waals surface area contributed by atoms with E-state index in [1.807, 2.05) is 11.8 Å². The second kappa shape index (κ2) is 7.57. The lowest BCUT2D eigenvalue weighted by atomic mass is 9.93. The average molecular weight is 244 g/mol. The van der Waals surface area contributed by atoms with Gasteiger partial charge in [-0.3, -0.25) is 0 Å². The zero-order valence-corrected chi connectivity index (χ0v) is 12.1. The van der Waals surface area contributed by atoms with Crippen LogP contribution in [0.5, 0.6) is 0 Å². The molecule has 1 aliphatic rings. The average Bonchev–Trinajstić information content (AvgIpc) is 2.29. The van der Waals surface area contributed by atoms with Crippen LogP contribution in [0.25, 0.3) is 0 Å². The van der Waals surface area contributed by atoms with E-state index in [9.17, 15) is 0 Å². The van der Waals surface area contributed by atoms with E-state index in [1.165, 1.54) is 32.5 Å². The molecule has 3 heteroatoms. The Labute approximate surface area is 106 Å². The summed E-state index contributed by atoms with van der Waals surface area (Å²) in [4.78, 5) is 2.64. The van der Waals surface area contributed by atoms with E-state index >= 15 is 0 Å². The van der Waals surface area contributed by atoms with Crippen LogP contribution in [0.1, 0.15) is 33.6 Å². The Balaban J connectivity index is 2.23. The maximum atomic E-state index is 3.60. The highest BCUT2D eigenvalue weighted by molar-refractivity contribution is 7.99. The van der Waals surface area contributed by atoms with Crippen molar-refractivity contribution in [2.45, 2.75) is 44.9 Å². The van der Waals surface area contributed by atoms with Crippen LogP contribution in [0.2, 0.25) is 0 Å². The van der Waals surface area contributed by atoms with E-state index in [2.05, 4.69) is 37.2 Å². The molecule has 0 spiro atoms. The van der Waals surface area contributed by atoms with E-state index < -0.39 is 0 Å². The van der Waals surface area contributed by atoms with Gasteiger partial charge in [-0.1, -0.05) is 20.8 Å². The highest BCUT2D eigenvalue weighted by Crippen LogP contribution is 2.18. The molecule has 1 N–H and O–H groups in total. The van der Waals surface area contributed by atoms with Gasteiger partial charge in [-0.05, 0) is 44.6 Å². The standard InChI is InChI=1S/C13H28N2S/c1-5-14-13-7-9-15(10-11(13)2)8-6-12(3)16-4/h11-14H,5-10H2,1-4H3. The molecule has 1 heterocycles. The summed E-state index contributed by atoms with van der Waals surface area (Å²) in [6, 6.07) is 0.749. The molecule has 1 saturated heterocycles. The molecule has 0 radical (unpaired) electrons. The summed E-state index contributed by atoms with van der Waals surface area (Å²) in [7, 11) is 0. The predicted octanol–water partition coefficient (Wildman–Crippen LogP) is 2.45. The first-order valence-electron chi connectivity index (χ1n) is 6.65. The lowest BCUT2D eigenvalue weighted by molar-refractivity contribution is 0.147. The van der Waals surface area contributed by atoms with Crippen LogP contribution in [-0.2, 0) is 0 Å². The molecule has 1 fully saturated rings. The number of hydrogen-bond acceptors (Lipinski definition) is 3. The number of nitrogens with one attached hydrogen (secondary N) is 1. The molecule has 0 saturated carbocycles. The van der Waals surface area contributed by atoms with Gasteiger partial charge in [-0.2, -0.15) is 11.8 Å². The molecule has 3 unspecified atom stereocenters. The predicted molar refractivity (Wildman–Crippen MR) is 75.3 cm³/mol. The molecule has 16 heavy (non-hydrogen) atoms. The molecular weight excluding hydrogens is 216 g/mol. The van der Waals surface area contributed by atoms with Gasteiger partial charge in [0, 0.05) is 17.8 Å². The van der Waals surface area contributed by atoms with Gasteiger partial charge in [-0.15, -0.1) is 0 Å². The van der Waals surface area contributed by atoms with E-state index in [0.29, 0.717) is 0 Å². The molecule has 96 valence electrons. The quantitative estimate of drug-likeness (QED) is 0.772. The zero-order valence-electron chi connectivity index (χ0n) is 11.3. The van der Waals surface area contributed by atoms with Crippen LogP contribution in [0, 0.1) is 5.92 Å². The van der Waals surface area contributed by atoms with Crippen molar-refractivity contribution in [3.63, 3.8) is 0 Å². The van der Waals surface area contributed by atoms with Crippen LogP contribution in [-0.4, -0.2) is 48.6 Å². The van der Waals surface area contributed by atoms with Gasteiger partial charge in [0.1, 0.15) is 0 Å². The third kappa shape index (κ3) is 4.64. The SMILES string of the molecule is CCNC1CCN(CCC(C)SC)CC1C. The minimum Gasteiger partial charge on any atom is -0.314 e. The first-order valence-corrected chi connectivity index (χ1v) is 7.94. The van der Waals surface area contributed by atoms with Crippen molar-refractivity contribution < 1.29 is 0 Å². The highest BCUT2D eigenvalue weighted by atomic mass is 32.2. The lowest BCUT2D eigenvalue weighted by Crippen LogP contribution is -2.48.